The SMILES string of the molecule is O=C(O)CCC/C=C\C[C@H]1[C@H](/C=C/[C@H](O)COc2cccc(C(F)(F)F)c2)[C@@H](O)C[C@H]1O.[Na]. The van der Waals surface area contributed by atoms with Crippen molar-refractivity contribution in [1.29, 1.82) is 0 Å². The molecule has 6 nitrogen and oxygen atoms in total. The second-order valence-electron chi connectivity index (χ2n) is 7.89. The molecular formula is C23H29F3NaO6. The van der Waals surface area contributed by atoms with Gasteiger partial charge in [-0.2, -0.15) is 13.2 Å². The zero-order valence-electron chi connectivity index (χ0n) is 18.5. The molecule has 10 heteroatoms. The van der Waals surface area contributed by atoms with Gasteiger partial charge < -0.3 is 25.2 Å². The van der Waals surface area contributed by atoms with Gasteiger partial charge in [-0.3, -0.25) is 4.79 Å². The average molecular weight is 481 g/mol. The molecule has 1 aliphatic rings. The summed E-state index contributed by atoms with van der Waals surface area (Å²) in [6.07, 6.45) is 1.48. The van der Waals surface area contributed by atoms with Crippen LogP contribution in [0.1, 0.15) is 37.7 Å². The number of unbranched alkanes of at least 4 members (excludes halogenated alkanes) is 1. The maximum Gasteiger partial charge on any atom is 0.416 e. The summed E-state index contributed by atoms with van der Waals surface area (Å²) in [5.41, 5.74) is -0.845. The first-order valence-electron chi connectivity index (χ1n) is 10.5. The molecule has 1 aromatic carbocycles. The van der Waals surface area contributed by atoms with Crippen LogP contribution in [0.3, 0.4) is 0 Å². The Morgan fingerprint density at radius 3 is 2.61 bits per heavy atom. The van der Waals surface area contributed by atoms with Crippen molar-refractivity contribution in [3.63, 3.8) is 0 Å². The first-order chi connectivity index (χ1) is 15.1. The smallest absolute Gasteiger partial charge is 0.416 e. The molecule has 1 aliphatic carbocycles. The molecule has 0 bridgehead atoms. The third-order valence-corrected chi connectivity index (χ3v) is 5.39. The van der Waals surface area contributed by atoms with Gasteiger partial charge >= 0.3 is 12.1 Å². The number of ether oxygens (including phenoxy) is 1. The van der Waals surface area contributed by atoms with E-state index in [9.17, 15) is 33.3 Å². The fourth-order valence-corrected chi connectivity index (χ4v) is 3.70. The predicted molar refractivity (Wildman–Crippen MR) is 117 cm³/mol. The van der Waals surface area contributed by atoms with E-state index in [2.05, 4.69) is 0 Å². The van der Waals surface area contributed by atoms with E-state index in [1.807, 2.05) is 12.2 Å². The monoisotopic (exact) mass is 481 g/mol. The van der Waals surface area contributed by atoms with Crippen molar-refractivity contribution >= 4 is 35.5 Å². The standard InChI is InChI=1S/C23H29F3O6.Na/c24-23(25,26)15-6-5-7-17(12-15)32-14-16(27)10-11-19-18(20(28)13-21(19)29)8-3-1-2-4-9-22(30)31;/h1,3,5-7,10-12,16,18-21,27-29H,2,4,8-9,13-14H2,(H,30,31);/b3-1-,11-10+;/t16-,18-,19-,20+,21-;/m0./s1. The second kappa shape index (κ2) is 14.1. The Balaban J connectivity index is 0.00000544. The number of aliphatic hydroxyl groups is 3. The minimum absolute atomic E-state index is 0. The zero-order chi connectivity index (χ0) is 23.7. The third-order valence-electron chi connectivity index (χ3n) is 5.39. The molecule has 1 saturated carbocycles. The summed E-state index contributed by atoms with van der Waals surface area (Å²) in [6, 6.07) is 4.36. The maximum absolute atomic E-state index is 12.8. The first kappa shape index (κ1) is 29.7. The topological polar surface area (TPSA) is 107 Å². The summed E-state index contributed by atoms with van der Waals surface area (Å²) in [5, 5.41) is 39.2. The maximum atomic E-state index is 12.8. The largest absolute Gasteiger partial charge is 0.491 e. The van der Waals surface area contributed by atoms with Crippen LogP contribution >= 0.6 is 0 Å². The number of allylic oxidation sites excluding steroid dienone is 2. The number of aliphatic carboxylic acids is 1. The van der Waals surface area contributed by atoms with Crippen molar-refractivity contribution in [3.05, 3.63) is 54.1 Å². The van der Waals surface area contributed by atoms with E-state index in [4.69, 9.17) is 9.84 Å². The minimum Gasteiger partial charge on any atom is -0.491 e. The van der Waals surface area contributed by atoms with E-state index in [1.54, 1.807) is 6.08 Å². The Morgan fingerprint density at radius 2 is 1.94 bits per heavy atom. The second-order valence-corrected chi connectivity index (χ2v) is 7.89. The summed E-state index contributed by atoms with van der Waals surface area (Å²) in [4.78, 5) is 10.5. The third kappa shape index (κ3) is 10.2. The van der Waals surface area contributed by atoms with E-state index < -0.39 is 41.9 Å². The van der Waals surface area contributed by atoms with Crippen LogP contribution in [0.5, 0.6) is 5.75 Å². The van der Waals surface area contributed by atoms with Crippen molar-refractivity contribution in [2.45, 2.75) is 56.6 Å². The number of aliphatic hydroxyl groups excluding tert-OH is 3. The van der Waals surface area contributed by atoms with Gasteiger partial charge in [0.15, 0.2) is 0 Å². The van der Waals surface area contributed by atoms with Gasteiger partial charge in [-0.05, 0) is 43.4 Å². The molecule has 0 unspecified atom stereocenters. The van der Waals surface area contributed by atoms with Gasteiger partial charge in [-0.15, -0.1) is 0 Å². The summed E-state index contributed by atoms with van der Waals surface area (Å²) in [7, 11) is 0. The van der Waals surface area contributed by atoms with Gasteiger partial charge in [0.1, 0.15) is 18.5 Å². The Labute approximate surface area is 213 Å². The van der Waals surface area contributed by atoms with E-state index in [0.717, 1.165) is 12.1 Å². The molecule has 33 heavy (non-hydrogen) atoms. The minimum atomic E-state index is -4.49. The van der Waals surface area contributed by atoms with Gasteiger partial charge in [0.25, 0.3) is 0 Å². The normalized spacial score (nSPS) is 24.2. The Kier molecular flexibility index (Phi) is 12.7. The van der Waals surface area contributed by atoms with Gasteiger partial charge in [-0.1, -0.05) is 30.4 Å². The number of carbonyl (C=O) groups is 1. The van der Waals surface area contributed by atoms with Crippen LogP contribution in [0, 0.1) is 11.8 Å². The Morgan fingerprint density at radius 1 is 1.21 bits per heavy atom. The van der Waals surface area contributed by atoms with E-state index >= 15 is 0 Å². The molecule has 1 fully saturated rings. The molecule has 0 aromatic heterocycles. The number of rotatable bonds is 11. The van der Waals surface area contributed by atoms with Gasteiger partial charge in [0.05, 0.1) is 17.8 Å². The van der Waals surface area contributed by atoms with E-state index in [0.29, 0.717) is 19.3 Å². The molecule has 0 aliphatic heterocycles. The van der Waals surface area contributed by atoms with E-state index in [1.165, 1.54) is 18.2 Å². The van der Waals surface area contributed by atoms with Gasteiger partial charge in [-0.25, -0.2) is 0 Å². The predicted octanol–water partition coefficient (Wildman–Crippen LogP) is 3.18. The van der Waals surface area contributed by atoms with Gasteiger partial charge in [0.2, 0.25) is 0 Å². The van der Waals surface area contributed by atoms with Crippen molar-refractivity contribution in [2.24, 2.45) is 11.8 Å². The quantitative estimate of drug-likeness (QED) is 0.220. The van der Waals surface area contributed by atoms with Crippen LogP contribution < -0.4 is 4.74 Å². The molecule has 0 amide bonds. The Bertz CT molecular complexity index is 799. The van der Waals surface area contributed by atoms with Gasteiger partial charge in [0, 0.05) is 48.3 Å². The first-order valence-corrected chi connectivity index (χ1v) is 10.5. The van der Waals surface area contributed by atoms with Crippen LogP contribution in [0.4, 0.5) is 13.2 Å². The number of benzene rings is 1. The molecule has 0 saturated heterocycles. The van der Waals surface area contributed by atoms with Crippen molar-refractivity contribution in [3.8, 4) is 5.75 Å². The fraction of sp³-hybridized carbons (Fsp3) is 0.522. The van der Waals surface area contributed by atoms with Crippen LogP contribution in [-0.2, 0) is 11.0 Å². The zero-order valence-corrected chi connectivity index (χ0v) is 20.5. The summed E-state index contributed by atoms with van der Waals surface area (Å²) in [6.45, 7) is -0.267. The van der Waals surface area contributed by atoms with Crippen LogP contribution in [0.25, 0.3) is 0 Å². The van der Waals surface area contributed by atoms with Crippen molar-refractivity contribution in [1.82, 2.24) is 0 Å². The molecular weight excluding hydrogens is 452 g/mol. The number of hydrogen-bond donors (Lipinski definition) is 4. The number of halogens is 3. The molecule has 0 heterocycles. The molecule has 0 spiro atoms. The summed E-state index contributed by atoms with van der Waals surface area (Å²) in [5.74, 6) is -1.55. The molecule has 1 radical (unpaired) electrons. The molecule has 4 N–H and O–H groups in total. The Hall–Kier alpha value is -1.36. The number of hydrogen-bond acceptors (Lipinski definition) is 5. The van der Waals surface area contributed by atoms with Crippen molar-refractivity contribution in [2.75, 3.05) is 6.61 Å². The summed E-state index contributed by atoms with van der Waals surface area (Å²) < 4.78 is 43.5. The molecule has 2 rings (SSSR count). The van der Waals surface area contributed by atoms with Crippen LogP contribution in [0.15, 0.2) is 48.6 Å². The average Bonchev–Trinajstić information content (AvgIpc) is 2.99. The fourth-order valence-electron chi connectivity index (χ4n) is 3.70. The summed E-state index contributed by atoms with van der Waals surface area (Å²) >= 11 is 0. The number of carboxylic acid groups (broad SMARTS) is 1. The molecule has 179 valence electrons. The van der Waals surface area contributed by atoms with Crippen LogP contribution in [0.2, 0.25) is 0 Å². The van der Waals surface area contributed by atoms with Crippen LogP contribution in [-0.4, -0.2) is 80.9 Å². The number of carboxylic acids is 1. The number of alkyl halides is 3. The van der Waals surface area contributed by atoms with E-state index in [-0.39, 0.29) is 60.7 Å². The molecule has 1 aromatic rings. The van der Waals surface area contributed by atoms with Crippen molar-refractivity contribution < 1.29 is 43.1 Å². The molecule has 5 atom stereocenters.